The lowest BCUT2D eigenvalue weighted by Crippen LogP contribution is -2.36. The van der Waals surface area contributed by atoms with Crippen LogP contribution in [0, 0.1) is 5.92 Å². The second kappa shape index (κ2) is 8.62. The summed E-state index contributed by atoms with van der Waals surface area (Å²) < 4.78 is 0. The highest BCUT2D eigenvalue weighted by atomic mass is 35.5. The van der Waals surface area contributed by atoms with Gasteiger partial charge in [0.25, 0.3) is 0 Å². The summed E-state index contributed by atoms with van der Waals surface area (Å²) in [5.41, 5.74) is 6.58. The van der Waals surface area contributed by atoms with E-state index >= 15 is 0 Å². The summed E-state index contributed by atoms with van der Waals surface area (Å²) in [6.07, 6.45) is 1.35. The second-order valence-electron chi connectivity index (χ2n) is 5.74. The molecule has 0 spiro atoms. The van der Waals surface area contributed by atoms with Gasteiger partial charge in [0.2, 0.25) is 5.91 Å². The number of hydrogen-bond acceptors (Lipinski definition) is 2. The van der Waals surface area contributed by atoms with Crippen LogP contribution in [-0.4, -0.2) is 23.4 Å². The van der Waals surface area contributed by atoms with Crippen LogP contribution in [0.1, 0.15) is 39.2 Å². The zero-order chi connectivity index (χ0) is 16.0. The Morgan fingerprint density at radius 3 is 2.43 bits per heavy atom. The third kappa shape index (κ3) is 5.85. The summed E-state index contributed by atoms with van der Waals surface area (Å²) in [5.74, 6) is 0.518. The smallest absolute Gasteiger partial charge is 0.223 e. The Hall–Kier alpha value is -0.770. The normalized spacial score (nSPS) is 12.5. The van der Waals surface area contributed by atoms with Gasteiger partial charge in [-0.3, -0.25) is 4.79 Å². The monoisotopic (exact) mass is 330 g/mol. The van der Waals surface area contributed by atoms with Gasteiger partial charge in [0.05, 0.1) is 10.0 Å². The van der Waals surface area contributed by atoms with E-state index in [0.29, 0.717) is 35.5 Å². The topological polar surface area (TPSA) is 46.3 Å². The van der Waals surface area contributed by atoms with Gasteiger partial charge in [0.1, 0.15) is 0 Å². The van der Waals surface area contributed by atoms with Gasteiger partial charge in [0.15, 0.2) is 0 Å². The molecule has 1 aromatic carbocycles. The molecule has 0 radical (unpaired) electrons. The molecule has 0 aliphatic carbocycles. The van der Waals surface area contributed by atoms with Crippen LogP contribution in [0.15, 0.2) is 18.2 Å². The molecule has 0 saturated heterocycles. The average molecular weight is 331 g/mol. The number of rotatable bonds is 7. The van der Waals surface area contributed by atoms with E-state index in [0.717, 1.165) is 12.0 Å². The fourth-order valence-corrected chi connectivity index (χ4v) is 2.35. The van der Waals surface area contributed by atoms with Crippen molar-refractivity contribution in [3.8, 4) is 0 Å². The van der Waals surface area contributed by atoms with E-state index in [-0.39, 0.29) is 11.9 Å². The van der Waals surface area contributed by atoms with Crippen molar-refractivity contribution < 1.29 is 4.79 Å². The highest BCUT2D eigenvalue weighted by molar-refractivity contribution is 6.42. The van der Waals surface area contributed by atoms with Gasteiger partial charge in [-0.05, 0) is 50.4 Å². The first-order valence-electron chi connectivity index (χ1n) is 7.28. The first-order valence-corrected chi connectivity index (χ1v) is 8.04. The molecule has 0 aromatic heterocycles. The van der Waals surface area contributed by atoms with E-state index < -0.39 is 0 Å². The molecule has 0 bridgehead atoms. The van der Waals surface area contributed by atoms with Crippen molar-refractivity contribution in [1.29, 1.82) is 0 Å². The Kier molecular flexibility index (Phi) is 7.50. The molecular formula is C16H24Cl2N2O. The summed E-state index contributed by atoms with van der Waals surface area (Å²) in [6.45, 7) is 7.25. The molecule has 2 N–H and O–H groups in total. The van der Waals surface area contributed by atoms with E-state index in [1.165, 1.54) is 0 Å². The molecule has 1 aromatic rings. The van der Waals surface area contributed by atoms with E-state index in [2.05, 4.69) is 6.92 Å². The molecule has 1 rings (SSSR count). The van der Waals surface area contributed by atoms with Gasteiger partial charge in [-0.1, -0.05) is 36.2 Å². The molecule has 5 heteroatoms. The van der Waals surface area contributed by atoms with Crippen LogP contribution in [0.3, 0.4) is 0 Å². The molecule has 0 saturated carbocycles. The van der Waals surface area contributed by atoms with Gasteiger partial charge in [-0.15, -0.1) is 0 Å². The Morgan fingerprint density at radius 1 is 1.24 bits per heavy atom. The van der Waals surface area contributed by atoms with Crippen molar-refractivity contribution in [2.45, 2.75) is 46.2 Å². The Bertz CT molecular complexity index is 477. The first-order chi connectivity index (χ1) is 9.85. The molecule has 1 amide bonds. The van der Waals surface area contributed by atoms with Gasteiger partial charge < -0.3 is 10.6 Å². The predicted molar refractivity (Wildman–Crippen MR) is 89.6 cm³/mol. The summed E-state index contributed by atoms with van der Waals surface area (Å²) in [7, 11) is 0. The van der Waals surface area contributed by atoms with E-state index in [9.17, 15) is 4.79 Å². The molecule has 3 nitrogen and oxygen atoms in total. The van der Waals surface area contributed by atoms with Crippen LogP contribution >= 0.6 is 23.2 Å². The van der Waals surface area contributed by atoms with Crippen LogP contribution in [-0.2, 0) is 11.3 Å². The summed E-state index contributed by atoms with van der Waals surface area (Å²) in [5, 5.41) is 1.04. The number of benzene rings is 1. The van der Waals surface area contributed by atoms with Crippen LogP contribution in [0.5, 0.6) is 0 Å². The highest BCUT2D eigenvalue weighted by Gasteiger charge is 2.18. The number of halogens is 2. The van der Waals surface area contributed by atoms with Crippen LogP contribution in [0.25, 0.3) is 0 Å². The van der Waals surface area contributed by atoms with Crippen molar-refractivity contribution in [1.82, 2.24) is 4.90 Å². The van der Waals surface area contributed by atoms with Crippen molar-refractivity contribution >= 4 is 29.1 Å². The van der Waals surface area contributed by atoms with E-state index in [4.69, 9.17) is 28.9 Å². The van der Waals surface area contributed by atoms with E-state index in [1.54, 1.807) is 6.07 Å². The Labute approximate surface area is 137 Å². The van der Waals surface area contributed by atoms with Crippen molar-refractivity contribution in [2.24, 2.45) is 11.7 Å². The molecular weight excluding hydrogens is 307 g/mol. The second-order valence-corrected chi connectivity index (χ2v) is 6.56. The van der Waals surface area contributed by atoms with Crippen molar-refractivity contribution in [3.63, 3.8) is 0 Å². The number of carbonyl (C=O) groups excluding carboxylic acids is 1. The molecule has 1 atom stereocenters. The minimum Gasteiger partial charge on any atom is -0.336 e. The van der Waals surface area contributed by atoms with Gasteiger partial charge in [-0.25, -0.2) is 0 Å². The maximum Gasteiger partial charge on any atom is 0.223 e. The standard InChI is InChI=1S/C16H24Cl2N2O/c1-11(2)20(16(21)7-4-12(3)9-19)10-13-5-6-14(17)15(18)8-13/h5-6,8,11-12H,4,7,9-10,19H2,1-3H3. The van der Waals surface area contributed by atoms with Gasteiger partial charge in [-0.2, -0.15) is 0 Å². The number of hydrogen-bond donors (Lipinski definition) is 1. The third-order valence-corrected chi connectivity index (χ3v) is 4.27. The van der Waals surface area contributed by atoms with Gasteiger partial charge >= 0.3 is 0 Å². The Balaban J connectivity index is 2.72. The lowest BCUT2D eigenvalue weighted by atomic mass is 10.0. The molecule has 0 fully saturated rings. The lowest BCUT2D eigenvalue weighted by molar-refractivity contribution is -0.133. The molecule has 0 aliphatic heterocycles. The molecule has 0 aliphatic rings. The molecule has 21 heavy (non-hydrogen) atoms. The summed E-state index contributed by atoms with van der Waals surface area (Å²) in [4.78, 5) is 14.3. The minimum absolute atomic E-state index is 0.139. The Morgan fingerprint density at radius 2 is 1.90 bits per heavy atom. The van der Waals surface area contributed by atoms with E-state index in [1.807, 2.05) is 30.9 Å². The van der Waals surface area contributed by atoms with Crippen molar-refractivity contribution in [3.05, 3.63) is 33.8 Å². The quantitative estimate of drug-likeness (QED) is 0.817. The number of carbonyl (C=O) groups is 1. The number of nitrogens with zero attached hydrogens (tertiary/aromatic N) is 1. The van der Waals surface area contributed by atoms with Crippen LogP contribution in [0.4, 0.5) is 0 Å². The highest BCUT2D eigenvalue weighted by Crippen LogP contribution is 2.24. The minimum atomic E-state index is 0.139. The fraction of sp³-hybridized carbons (Fsp3) is 0.562. The zero-order valence-corrected chi connectivity index (χ0v) is 14.4. The average Bonchev–Trinajstić information content (AvgIpc) is 2.45. The third-order valence-electron chi connectivity index (χ3n) is 3.53. The summed E-state index contributed by atoms with van der Waals surface area (Å²) >= 11 is 11.9. The van der Waals surface area contributed by atoms with Gasteiger partial charge in [0, 0.05) is 19.0 Å². The predicted octanol–water partition coefficient (Wildman–Crippen LogP) is 4.11. The lowest BCUT2D eigenvalue weighted by Gasteiger charge is -2.27. The SMILES string of the molecule is CC(CN)CCC(=O)N(Cc1ccc(Cl)c(Cl)c1)C(C)C. The van der Waals surface area contributed by atoms with Crippen LogP contribution < -0.4 is 5.73 Å². The maximum absolute atomic E-state index is 12.4. The largest absolute Gasteiger partial charge is 0.336 e. The maximum atomic E-state index is 12.4. The van der Waals surface area contributed by atoms with Crippen LogP contribution in [0.2, 0.25) is 10.0 Å². The molecule has 1 unspecified atom stereocenters. The first kappa shape index (κ1) is 18.3. The van der Waals surface area contributed by atoms with Crippen molar-refractivity contribution in [2.75, 3.05) is 6.54 Å². The fourth-order valence-electron chi connectivity index (χ4n) is 2.02. The summed E-state index contributed by atoms with van der Waals surface area (Å²) in [6, 6.07) is 5.62. The molecule has 0 heterocycles. The zero-order valence-electron chi connectivity index (χ0n) is 12.9. The molecule has 118 valence electrons. The number of nitrogens with two attached hydrogens (primary N) is 1. The number of amides is 1.